The maximum Gasteiger partial charge on any atom is 0.251 e. The molecule has 2 aliphatic carbocycles. The van der Waals surface area contributed by atoms with Crippen molar-refractivity contribution in [2.75, 3.05) is 13.2 Å². The summed E-state index contributed by atoms with van der Waals surface area (Å²) in [5.41, 5.74) is 0.712. The molecule has 3 heteroatoms. The Kier molecular flexibility index (Phi) is 6.86. The Hall–Kier alpha value is -2.29. The van der Waals surface area contributed by atoms with Crippen molar-refractivity contribution in [2.24, 2.45) is 17.8 Å². The lowest BCUT2D eigenvalue weighted by Gasteiger charge is -2.12. The SMILES string of the molecule is CC1C=CC=C(OCCNC(=O)C2=C/C(C)/C=C\C(C)/C=C\2)C=C1. The maximum absolute atomic E-state index is 12.3. The van der Waals surface area contributed by atoms with Crippen molar-refractivity contribution in [1.29, 1.82) is 0 Å². The van der Waals surface area contributed by atoms with Gasteiger partial charge < -0.3 is 10.1 Å². The molecule has 0 spiro atoms. The van der Waals surface area contributed by atoms with E-state index >= 15 is 0 Å². The van der Waals surface area contributed by atoms with Crippen molar-refractivity contribution >= 4 is 5.91 Å². The van der Waals surface area contributed by atoms with Gasteiger partial charge in [0.2, 0.25) is 0 Å². The molecule has 2 rings (SSSR count). The summed E-state index contributed by atoms with van der Waals surface area (Å²) in [5, 5.41) is 2.92. The molecular weight excluding hydrogens is 298 g/mol. The van der Waals surface area contributed by atoms with Crippen LogP contribution in [0.15, 0.2) is 72.1 Å². The first-order valence-corrected chi connectivity index (χ1v) is 8.60. The third kappa shape index (κ3) is 6.07. The minimum Gasteiger partial charge on any atom is -0.492 e. The van der Waals surface area contributed by atoms with Crippen LogP contribution >= 0.6 is 0 Å². The fourth-order valence-corrected chi connectivity index (χ4v) is 2.44. The number of ether oxygens (including phenoxy) is 1. The van der Waals surface area contributed by atoms with E-state index in [0.29, 0.717) is 30.6 Å². The van der Waals surface area contributed by atoms with Gasteiger partial charge in [-0.1, -0.05) is 69.4 Å². The zero-order valence-electron chi connectivity index (χ0n) is 14.7. The van der Waals surface area contributed by atoms with Gasteiger partial charge in [0.1, 0.15) is 12.4 Å². The van der Waals surface area contributed by atoms with Crippen LogP contribution in [-0.4, -0.2) is 19.1 Å². The quantitative estimate of drug-likeness (QED) is 0.611. The molecule has 1 amide bonds. The van der Waals surface area contributed by atoms with Crippen LogP contribution in [0.3, 0.4) is 0 Å². The van der Waals surface area contributed by atoms with E-state index in [-0.39, 0.29) is 11.8 Å². The molecule has 24 heavy (non-hydrogen) atoms. The van der Waals surface area contributed by atoms with Gasteiger partial charge in [-0.2, -0.15) is 0 Å². The van der Waals surface area contributed by atoms with Crippen LogP contribution in [0, 0.1) is 17.8 Å². The first kappa shape index (κ1) is 18.1. The number of carbonyl (C=O) groups excluding carboxylic acids is 1. The van der Waals surface area contributed by atoms with Crippen LogP contribution in [0.4, 0.5) is 0 Å². The minimum atomic E-state index is -0.0527. The van der Waals surface area contributed by atoms with Gasteiger partial charge in [0.15, 0.2) is 0 Å². The standard InChI is InChI=1S/C21H27NO2/c1-16-5-4-6-20(12-10-16)24-14-13-22-21(23)19-11-9-17(2)7-8-18(3)15-19/h4-12,15-18H,13-14H2,1-3H3,(H,22,23)/b8-7-,11-9-,19-15+. The van der Waals surface area contributed by atoms with Crippen molar-refractivity contribution in [3.05, 3.63) is 72.1 Å². The molecule has 0 saturated heterocycles. The van der Waals surface area contributed by atoms with Gasteiger partial charge in [0.25, 0.3) is 5.91 Å². The van der Waals surface area contributed by atoms with E-state index in [0.717, 1.165) is 5.76 Å². The topological polar surface area (TPSA) is 38.3 Å². The largest absolute Gasteiger partial charge is 0.492 e. The van der Waals surface area contributed by atoms with E-state index in [1.165, 1.54) is 0 Å². The summed E-state index contributed by atoms with van der Waals surface area (Å²) >= 11 is 0. The monoisotopic (exact) mass is 325 g/mol. The normalized spacial score (nSPS) is 30.9. The van der Waals surface area contributed by atoms with Crippen molar-refractivity contribution < 1.29 is 9.53 Å². The third-order valence-corrected chi connectivity index (χ3v) is 3.90. The molecule has 0 heterocycles. The molecule has 1 N–H and O–H groups in total. The number of carbonyl (C=O) groups is 1. The molecule has 3 atom stereocenters. The Morgan fingerprint density at radius 2 is 1.71 bits per heavy atom. The van der Waals surface area contributed by atoms with Gasteiger partial charge >= 0.3 is 0 Å². The van der Waals surface area contributed by atoms with Crippen LogP contribution < -0.4 is 5.32 Å². The van der Waals surface area contributed by atoms with Crippen LogP contribution in [0.5, 0.6) is 0 Å². The zero-order valence-corrected chi connectivity index (χ0v) is 14.7. The van der Waals surface area contributed by atoms with Crippen molar-refractivity contribution in [3.8, 4) is 0 Å². The van der Waals surface area contributed by atoms with E-state index < -0.39 is 0 Å². The summed E-state index contributed by atoms with van der Waals surface area (Å²) in [4.78, 5) is 12.3. The smallest absolute Gasteiger partial charge is 0.251 e. The number of allylic oxidation sites excluding steroid dienone is 9. The number of rotatable bonds is 5. The molecule has 3 nitrogen and oxygen atoms in total. The lowest BCUT2D eigenvalue weighted by Crippen LogP contribution is -2.28. The predicted molar refractivity (Wildman–Crippen MR) is 99.2 cm³/mol. The highest BCUT2D eigenvalue weighted by atomic mass is 16.5. The molecule has 0 aromatic heterocycles. The van der Waals surface area contributed by atoms with Crippen LogP contribution in [-0.2, 0) is 9.53 Å². The third-order valence-electron chi connectivity index (χ3n) is 3.90. The number of amides is 1. The minimum absolute atomic E-state index is 0.0527. The molecular formula is C21H27NO2. The van der Waals surface area contributed by atoms with Crippen molar-refractivity contribution in [3.63, 3.8) is 0 Å². The average molecular weight is 325 g/mol. The van der Waals surface area contributed by atoms with Gasteiger partial charge in [0, 0.05) is 5.57 Å². The zero-order chi connectivity index (χ0) is 17.4. The first-order chi connectivity index (χ1) is 11.5. The highest BCUT2D eigenvalue weighted by Gasteiger charge is 2.09. The molecule has 0 saturated carbocycles. The highest BCUT2D eigenvalue weighted by Crippen LogP contribution is 2.14. The van der Waals surface area contributed by atoms with E-state index in [1.807, 2.05) is 36.5 Å². The number of hydrogen-bond donors (Lipinski definition) is 1. The average Bonchev–Trinajstić information content (AvgIpc) is 2.76. The number of nitrogens with one attached hydrogen (secondary N) is 1. The molecule has 0 fully saturated rings. The Labute approximate surface area is 145 Å². The fraction of sp³-hybridized carbons (Fsp3) is 0.381. The lowest BCUT2D eigenvalue weighted by atomic mass is 9.99. The molecule has 3 unspecified atom stereocenters. The molecule has 0 radical (unpaired) electrons. The molecule has 0 bridgehead atoms. The van der Waals surface area contributed by atoms with E-state index in [9.17, 15) is 4.79 Å². The Morgan fingerprint density at radius 3 is 2.54 bits per heavy atom. The second-order valence-corrected chi connectivity index (χ2v) is 6.36. The van der Waals surface area contributed by atoms with Gasteiger partial charge in [0.05, 0.1) is 6.54 Å². The maximum atomic E-state index is 12.3. The Balaban J connectivity index is 1.81. The summed E-state index contributed by atoms with van der Waals surface area (Å²) in [5.74, 6) is 1.78. The van der Waals surface area contributed by atoms with Gasteiger partial charge in [-0.15, -0.1) is 0 Å². The summed E-state index contributed by atoms with van der Waals surface area (Å²) in [6.45, 7) is 7.24. The summed E-state index contributed by atoms with van der Waals surface area (Å²) in [7, 11) is 0. The Bertz CT molecular complexity index is 620. The van der Waals surface area contributed by atoms with E-state index in [1.54, 1.807) is 0 Å². The van der Waals surface area contributed by atoms with Crippen molar-refractivity contribution in [2.45, 2.75) is 20.8 Å². The van der Waals surface area contributed by atoms with Gasteiger partial charge in [-0.25, -0.2) is 0 Å². The van der Waals surface area contributed by atoms with Crippen molar-refractivity contribution in [1.82, 2.24) is 5.32 Å². The van der Waals surface area contributed by atoms with Crippen LogP contribution in [0.2, 0.25) is 0 Å². The lowest BCUT2D eigenvalue weighted by molar-refractivity contribution is -0.117. The molecule has 0 aromatic rings. The highest BCUT2D eigenvalue weighted by molar-refractivity contribution is 5.96. The summed E-state index contributed by atoms with van der Waals surface area (Å²) in [6.07, 6.45) is 20.3. The van der Waals surface area contributed by atoms with Crippen LogP contribution in [0.25, 0.3) is 0 Å². The summed E-state index contributed by atoms with van der Waals surface area (Å²) in [6, 6.07) is 0. The summed E-state index contributed by atoms with van der Waals surface area (Å²) < 4.78 is 5.69. The van der Waals surface area contributed by atoms with Gasteiger partial charge in [-0.05, 0) is 29.9 Å². The molecule has 128 valence electrons. The second-order valence-electron chi connectivity index (χ2n) is 6.36. The van der Waals surface area contributed by atoms with E-state index in [2.05, 4.69) is 50.4 Å². The predicted octanol–water partition coefficient (Wildman–Crippen LogP) is 4.09. The molecule has 0 aliphatic heterocycles. The number of hydrogen-bond acceptors (Lipinski definition) is 2. The van der Waals surface area contributed by atoms with E-state index in [4.69, 9.17) is 4.74 Å². The van der Waals surface area contributed by atoms with Crippen LogP contribution in [0.1, 0.15) is 20.8 Å². The fourth-order valence-electron chi connectivity index (χ4n) is 2.44. The molecule has 2 aliphatic rings. The Morgan fingerprint density at radius 1 is 1.00 bits per heavy atom. The molecule has 0 aromatic carbocycles. The first-order valence-electron chi connectivity index (χ1n) is 8.60. The second kappa shape index (κ2) is 9.11. The van der Waals surface area contributed by atoms with Gasteiger partial charge in [-0.3, -0.25) is 4.79 Å².